The van der Waals surface area contributed by atoms with E-state index >= 15 is 0 Å². The fourth-order valence-electron chi connectivity index (χ4n) is 1.88. The largest absolute Gasteiger partial charge is 0.281 e. The molecule has 0 saturated heterocycles. The van der Waals surface area contributed by atoms with Crippen LogP contribution >= 0.6 is 15.9 Å². The van der Waals surface area contributed by atoms with Gasteiger partial charge < -0.3 is 0 Å². The highest BCUT2D eigenvalue weighted by Crippen LogP contribution is 2.18. The van der Waals surface area contributed by atoms with Gasteiger partial charge in [0.2, 0.25) is 0 Å². The molecule has 2 aromatic rings. The van der Waals surface area contributed by atoms with Crippen molar-refractivity contribution in [3.63, 3.8) is 0 Å². The average Bonchev–Trinajstić information content (AvgIpc) is 2.48. The molecule has 7 heteroatoms. The molecule has 21 heavy (non-hydrogen) atoms. The standard InChI is InChI=1S/C14H9BrF2N4/c15-9-5-2-1-4-8(9)13-18-20-14(21-19-13)12-10(16)6-3-7-11(12)17/h1-7H,(H,18,19)(H,20,21). The summed E-state index contributed by atoms with van der Waals surface area (Å²) in [6, 6.07) is 11.0. The second-order valence-electron chi connectivity index (χ2n) is 4.22. The van der Waals surface area contributed by atoms with Gasteiger partial charge in [-0.15, -0.1) is 10.2 Å². The molecule has 2 N–H and O–H groups in total. The molecule has 0 amide bonds. The van der Waals surface area contributed by atoms with Crippen molar-refractivity contribution in [2.45, 2.75) is 0 Å². The van der Waals surface area contributed by atoms with Gasteiger partial charge >= 0.3 is 0 Å². The van der Waals surface area contributed by atoms with Crippen molar-refractivity contribution in [1.82, 2.24) is 10.9 Å². The van der Waals surface area contributed by atoms with Crippen LogP contribution in [0.5, 0.6) is 0 Å². The molecule has 1 aliphatic heterocycles. The number of nitrogens with zero attached hydrogens (tertiary/aromatic N) is 2. The smallest absolute Gasteiger partial charge is 0.180 e. The molecule has 0 atom stereocenters. The minimum absolute atomic E-state index is 0.0126. The predicted molar refractivity (Wildman–Crippen MR) is 79.8 cm³/mol. The van der Waals surface area contributed by atoms with Crippen LogP contribution in [0.3, 0.4) is 0 Å². The zero-order valence-corrected chi connectivity index (χ0v) is 12.2. The van der Waals surface area contributed by atoms with E-state index in [2.05, 4.69) is 37.0 Å². The van der Waals surface area contributed by atoms with Crippen molar-refractivity contribution in [3.05, 3.63) is 69.7 Å². The van der Waals surface area contributed by atoms with Gasteiger partial charge in [-0.25, -0.2) is 8.78 Å². The second kappa shape index (κ2) is 5.61. The van der Waals surface area contributed by atoms with Crippen molar-refractivity contribution < 1.29 is 8.78 Å². The highest BCUT2D eigenvalue weighted by Gasteiger charge is 2.19. The third kappa shape index (κ3) is 2.64. The van der Waals surface area contributed by atoms with Crippen LogP contribution in [-0.2, 0) is 0 Å². The van der Waals surface area contributed by atoms with Gasteiger partial charge in [0.15, 0.2) is 11.7 Å². The third-order valence-corrected chi connectivity index (χ3v) is 3.57. The molecular weight excluding hydrogens is 342 g/mol. The monoisotopic (exact) mass is 350 g/mol. The Labute approximate surface area is 127 Å². The molecule has 0 unspecified atom stereocenters. The van der Waals surface area contributed by atoms with Crippen LogP contribution in [0.25, 0.3) is 0 Å². The molecule has 3 rings (SSSR count). The maximum Gasteiger partial charge on any atom is 0.180 e. The summed E-state index contributed by atoms with van der Waals surface area (Å²) in [6.45, 7) is 0. The summed E-state index contributed by atoms with van der Waals surface area (Å²) in [5.41, 5.74) is 5.98. The second-order valence-corrected chi connectivity index (χ2v) is 5.08. The Morgan fingerprint density at radius 2 is 1.43 bits per heavy atom. The number of hydrogen-bond donors (Lipinski definition) is 2. The zero-order valence-electron chi connectivity index (χ0n) is 10.6. The topological polar surface area (TPSA) is 48.8 Å². The predicted octanol–water partition coefficient (Wildman–Crippen LogP) is 2.94. The first kappa shape index (κ1) is 13.7. The summed E-state index contributed by atoms with van der Waals surface area (Å²) >= 11 is 3.40. The van der Waals surface area contributed by atoms with Gasteiger partial charge in [-0.1, -0.05) is 40.2 Å². The first-order valence-electron chi connectivity index (χ1n) is 6.04. The first-order chi connectivity index (χ1) is 10.2. The molecular formula is C14H9BrF2N4. The molecule has 106 valence electrons. The van der Waals surface area contributed by atoms with E-state index < -0.39 is 11.6 Å². The van der Waals surface area contributed by atoms with Crippen molar-refractivity contribution in [1.29, 1.82) is 0 Å². The highest BCUT2D eigenvalue weighted by molar-refractivity contribution is 9.10. The van der Waals surface area contributed by atoms with Gasteiger partial charge in [0.05, 0.1) is 5.56 Å². The zero-order chi connectivity index (χ0) is 14.8. The summed E-state index contributed by atoms with van der Waals surface area (Å²) in [5, 5.41) is 7.82. The van der Waals surface area contributed by atoms with Crippen LogP contribution in [0.1, 0.15) is 11.1 Å². The van der Waals surface area contributed by atoms with Gasteiger partial charge in [0, 0.05) is 10.0 Å². The third-order valence-electron chi connectivity index (χ3n) is 2.88. The van der Waals surface area contributed by atoms with Crippen LogP contribution in [0, 0.1) is 11.6 Å². The molecule has 0 fully saturated rings. The number of rotatable bonds is 2. The number of hydrazine groups is 1. The lowest BCUT2D eigenvalue weighted by Gasteiger charge is -2.18. The summed E-state index contributed by atoms with van der Waals surface area (Å²) in [4.78, 5) is 0. The van der Waals surface area contributed by atoms with E-state index in [1.807, 2.05) is 24.3 Å². The Bertz CT molecular complexity index is 738. The van der Waals surface area contributed by atoms with Gasteiger partial charge in [-0.2, -0.15) is 0 Å². The molecule has 0 spiro atoms. The maximum absolute atomic E-state index is 13.7. The van der Waals surface area contributed by atoms with Gasteiger partial charge in [0.25, 0.3) is 0 Å². The molecule has 0 bridgehead atoms. The number of nitrogens with one attached hydrogen (secondary N) is 2. The quantitative estimate of drug-likeness (QED) is 0.874. The lowest BCUT2D eigenvalue weighted by molar-refractivity contribution is 0.575. The summed E-state index contributed by atoms with van der Waals surface area (Å²) in [6.07, 6.45) is 0. The van der Waals surface area contributed by atoms with E-state index in [1.54, 1.807) is 0 Å². The van der Waals surface area contributed by atoms with Gasteiger partial charge in [-0.3, -0.25) is 10.9 Å². The van der Waals surface area contributed by atoms with Crippen molar-refractivity contribution in [2.75, 3.05) is 0 Å². The molecule has 4 nitrogen and oxygen atoms in total. The minimum atomic E-state index is -0.706. The van der Waals surface area contributed by atoms with Crippen LogP contribution in [0.2, 0.25) is 0 Å². The van der Waals surface area contributed by atoms with E-state index in [9.17, 15) is 8.78 Å². The number of benzene rings is 2. The van der Waals surface area contributed by atoms with Crippen LogP contribution in [0.4, 0.5) is 8.78 Å². The minimum Gasteiger partial charge on any atom is -0.281 e. The van der Waals surface area contributed by atoms with Gasteiger partial charge in [-0.05, 0) is 18.2 Å². The van der Waals surface area contributed by atoms with Crippen molar-refractivity contribution in [3.8, 4) is 0 Å². The fourth-order valence-corrected chi connectivity index (χ4v) is 2.35. The summed E-state index contributed by atoms with van der Waals surface area (Å²) in [7, 11) is 0. The first-order valence-corrected chi connectivity index (χ1v) is 6.83. The van der Waals surface area contributed by atoms with Crippen LogP contribution < -0.4 is 10.9 Å². The number of amidine groups is 2. The molecule has 2 aromatic carbocycles. The molecule has 0 aliphatic carbocycles. The van der Waals surface area contributed by atoms with E-state index in [4.69, 9.17) is 0 Å². The van der Waals surface area contributed by atoms with Crippen LogP contribution in [-0.4, -0.2) is 11.7 Å². The van der Waals surface area contributed by atoms with Crippen molar-refractivity contribution >= 4 is 27.6 Å². The summed E-state index contributed by atoms with van der Waals surface area (Å²) < 4.78 is 28.2. The highest BCUT2D eigenvalue weighted by atomic mass is 79.9. The van der Waals surface area contributed by atoms with Crippen LogP contribution in [0.15, 0.2) is 57.1 Å². The van der Waals surface area contributed by atoms with E-state index in [0.29, 0.717) is 5.84 Å². The number of halogens is 3. The Morgan fingerprint density at radius 1 is 0.810 bits per heavy atom. The van der Waals surface area contributed by atoms with Gasteiger partial charge in [0.1, 0.15) is 11.6 Å². The fraction of sp³-hybridized carbons (Fsp3) is 0. The molecule has 0 radical (unpaired) electrons. The average molecular weight is 351 g/mol. The van der Waals surface area contributed by atoms with E-state index in [0.717, 1.165) is 22.2 Å². The molecule has 1 heterocycles. The normalized spacial score (nSPS) is 13.9. The molecule has 0 saturated carbocycles. The lowest BCUT2D eigenvalue weighted by Crippen LogP contribution is -2.45. The molecule has 0 aromatic heterocycles. The molecule has 1 aliphatic rings. The lowest BCUT2D eigenvalue weighted by atomic mass is 10.2. The van der Waals surface area contributed by atoms with Crippen molar-refractivity contribution in [2.24, 2.45) is 10.2 Å². The Morgan fingerprint density at radius 3 is 2.05 bits per heavy atom. The maximum atomic E-state index is 13.7. The van der Waals surface area contributed by atoms with E-state index in [-0.39, 0.29) is 11.4 Å². The van der Waals surface area contributed by atoms with E-state index in [1.165, 1.54) is 6.07 Å². The Hall–Kier alpha value is -2.28. The SMILES string of the molecule is Fc1cccc(F)c1C1=NN=C(c2ccccc2Br)NN1. The summed E-state index contributed by atoms with van der Waals surface area (Å²) in [5.74, 6) is -0.977. The Balaban J connectivity index is 1.98. The number of hydrogen-bond acceptors (Lipinski definition) is 4. The Kier molecular flexibility index (Phi) is 3.66.